The molecule has 0 aromatic carbocycles. The lowest BCUT2D eigenvalue weighted by atomic mass is 9.99. The van der Waals surface area contributed by atoms with Crippen LogP contribution in [0.1, 0.15) is 36.3 Å². The van der Waals surface area contributed by atoms with E-state index in [0.29, 0.717) is 5.91 Å². The fraction of sp³-hybridized carbons (Fsp3) is 0.765. The number of morpholine rings is 1. The molecule has 3 aliphatic heterocycles. The minimum atomic E-state index is 0.0438. The van der Waals surface area contributed by atoms with Crippen LogP contribution in [0.25, 0.3) is 0 Å². The molecule has 1 aromatic rings. The molecular weight excluding hydrogens is 294 g/mol. The van der Waals surface area contributed by atoms with Gasteiger partial charge in [-0.2, -0.15) is 0 Å². The molecule has 4 rings (SSSR count). The molecule has 3 aliphatic rings. The molecule has 126 valence electrons. The Labute approximate surface area is 136 Å². The molecule has 0 radical (unpaired) electrons. The molecule has 3 atom stereocenters. The first-order chi connectivity index (χ1) is 11.1. The number of aryl methyl sites for hydroxylation is 2. The molecule has 6 heteroatoms. The molecule has 3 saturated heterocycles. The molecule has 2 bridgehead atoms. The van der Waals surface area contributed by atoms with Crippen molar-refractivity contribution in [3.8, 4) is 0 Å². The summed E-state index contributed by atoms with van der Waals surface area (Å²) in [4.78, 5) is 17.2. The predicted octanol–water partition coefficient (Wildman–Crippen LogP) is 1.50. The van der Waals surface area contributed by atoms with Crippen molar-refractivity contribution in [2.75, 3.05) is 26.2 Å². The predicted molar refractivity (Wildman–Crippen MR) is 83.8 cm³/mol. The summed E-state index contributed by atoms with van der Waals surface area (Å²) in [7, 11) is 0. The van der Waals surface area contributed by atoms with Gasteiger partial charge in [0.2, 0.25) is 5.91 Å². The zero-order valence-corrected chi connectivity index (χ0v) is 14.0. The van der Waals surface area contributed by atoms with Gasteiger partial charge in [-0.15, -0.1) is 0 Å². The largest absolute Gasteiger partial charge is 0.371 e. The Kier molecular flexibility index (Phi) is 3.89. The summed E-state index contributed by atoms with van der Waals surface area (Å²) in [5.41, 5.74) is 2.14. The number of rotatable bonds is 3. The second-order valence-corrected chi connectivity index (χ2v) is 7.17. The Bertz CT molecular complexity index is 574. The Morgan fingerprint density at radius 3 is 2.74 bits per heavy atom. The average molecular weight is 319 g/mol. The minimum absolute atomic E-state index is 0.0438. The van der Waals surface area contributed by atoms with Crippen molar-refractivity contribution in [2.45, 2.75) is 51.9 Å². The van der Waals surface area contributed by atoms with E-state index >= 15 is 0 Å². The highest BCUT2D eigenvalue weighted by atomic mass is 16.5. The van der Waals surface area contributed by atoms with E-state index in [0.717, 1.165) is 63.4 Å². The molecule has 3 fully saturated rings. The lowest BCUT2D eigenvalue weighted by Gasteiger charge is -2.33. The van der Waals surface area contributed by atoms with E-state index in [1.54, 1.807) is 0 Å². The normalized spacial score (nSPS) is 31.0. The Morgan fingerprint density at radius 1 is 1.26 bits per heavy atom. The maximum absolute atomic E-state index is 12.7. The van der Waals surface area contributed by atoms with Gasteiger partial charge in [-0.05, 0) is 33.1 Å². The van der Waals surface area contributed by atoms with Gasteiger partial charge in [0.15, 0.2) is 0 Å². The van der Waals surface area contributed by atoms with Gasteiger partial charge in [0.25, 0.3) is 0 Å². The van der Waals surface area contributed by atoms with Crippen molar-refractivity contribution in [3.05, 3.63) is 17.0 Å². The highest BCUT2D eigenvalue weighted by Crippen LogP contribution is 2.34. The van der Waals surface area contributed by atoms with Crippen molar-refractivity contribution in [1.29, 1.82) is 0 Å². The minimum Gasteiger partial charge on any atom is -0.371 e. The Morgan fingerprint density at radius 2 is 2.04 bits per heavy atom. The second-order valence-electron chi connectivity index (χ2n) is 7.17. The van der Waals surface area contributed by atoms with E-state index in [-0.39, 0.29) is 18.1 Å². The lowest BCUT2D eigenvalue weighted by Crippen LogP contribution is -2.45. The number of likely N-dealkylation sites (tertiary alicyclic amines) is 2. The first-order valence-electron chi connectivity index (χ1n) is 8.70. The third kappa shape index (κ3) is 2.78. The van der Waals surface area contributed by atoms with Crippen LogP contribution < -0.4 is 0 Å². The van der Waals surface area contributed by atoms with Crippen molar-refractivity contribution >= 4 is 5.91 Å². The van der Waals surface area contributed by atoms with E-state index in [4.69, 9.17) is 9.26 Å². The summed E-state index contributed by atoms with van der Waals surface area (Å²) in [5, 5.41) is 4.04. The summed E-state index contributed by atoms with van der Waals surface area (Å²) >= 11 is 0. The van der Waals surface area contributed by atoms with Crippen LogP contribution >= 0.6 is 0 Å². The Hall–Kier alpha value is -1.40. The van der Waals surface area contributed by atoms with E-state index < -0.39 is 0 Å². The van der Waals surface area contributed by atoms with Crippen molar-refractivity contribution in [2.24, 2.45) is 5.92 Å². The van der Waals surface area contributed by atoms with Crippen molar-refractivity contribution in [1.82, 2.24) is 15.0 Å². The summed E-state index contributed by atoms with van der Waals surface area (Å²) in [6.07, 6.45) is 3.39. The topological polar surface area (TPSA) is 58.8 Å². The quantitative estimate of drug-likeness (QED) is 0.845. The van der Waals surface area contributed by atoms with E-state index in [9.17, 15) is 4.79 Å². The van der Waals surface area contributed by atoms with Crippen LogP contribution in [0.4, 0.5) is 0 Å². The number of ether oxygens (including phenoxy) is 1. The fourth-order valence-electron chi connectivity index (χ4n) is 4.25. The van der Waals surface area contributed by atoms with Crippen LogP contribution in [-0.2, 0) is 16.1 Å². The van der Waals surface area contributed by atoms with Crippen LogP contribution in [0.15, 0.2) is 4.52 Å². The third-order valence-corrected chi connectivity index (χ3v) is 5.53. The molecule has 4 heterocycles. The smallest absolute Gasteiger partial charge is 0.228 e. The van der Waals surface area contributed by atoms with E-state index in [1.165, 1.54) is 5.56 Å². The average Bonchev–Trinajstić information content (AvgIpc) is 3.23. The summed E-state index contributed by atoms with van der Waals surface area (Å²) < 4.78 is 11.3. The molecule has 0 unspecified atom stereocenters. The summed E-state index contributed by atoms with van der Waals surface area (Å²) in [5.74, 6) is 1.26. The van der Waals surface area contributed by atoms with Crippen LogP contribution in [0.3, 0.4) is 0 Å². The highest BCUT2D eigenvalue weighted by Gasteiger charge is 2.46. The van der Waals surface area contributed by atoms with Gasteiger partial charge in [-0.3, -0.25) is 9.69 Å². The SMILES string of the molecule is Cc1noc(C)c1CN1C[C@H]2C[C@@H](C(=O)N3CCCC3)[C@@H](C1)O2. The standard InChI is InChI=1S/C17H25N3O3/c1-11-15(12(2)23-18-11)9-19-8-13-7-14(16(10-19)22-13)17(21)20-5-3-4-6-20/h13-14,16H,3-10H2,1-2H3/t13-,14-,16-/m1/s1. The van der Waals surface area contributed by atoms with Gasteiger partial charge in [0, 0.05) is 38.3 Å². The van der Waals surface area contributed by atoms with Gasteiger partial charge in [0.1, 0.15) is 5.76 Å². The molecular formula is C17H25N3O3. The van der Waals surface area contributed by atoms with Crippen molar-refractivity contribution in [3.63, 3.8) is 0 Å². The first-order valence-corrected chi connectivity index (χ1v) is 8.70. The van der Waals surface area contributed by atoms with Crippen LogP contribution in [0, 0.1) is 19.8 Å². The highest BCUT2D eigenvalue weighted by molar-refractivity contribution is 5.80. The number of hydrogen-bond acceptors (Lipinski definition) is 5. The molecule has 0 saturated carbocycles. The maximum Gasteiger partial charge on any atom is 0.228 e. The van der Waals surface area contributed by atoms with Gasteiger partial charge < -0.3 is 14.2 Å². The van der Waals surface area contributed by atoms with Gasteiger partial charge >= 0.3 is 0 Å². The number of aromatic nitrogens is 1. The molecule has 6 nitrogen and oxygen atoms in total. The number of carbonyl (C=O) groups is 1. The second kappa shape index (κ2) is 5.91. The first kappa shape index (κ1) is 15.1. The summed E-state index contributed by atoms with van der Waals surface area (Å²) in [6, 6.07) is 0. The summed E-state index contributed by atoms with van der Waals surface area (Å²) in [6.45, 7) is 8.35. The monoisotopic (exact) mass is 319 g/mol. The molecule has 0 N–H and O–H groups in total. The number of fused-ring (bicyclic) bond motifs is 2. The number of amides is 1. The zero-order chi connectivity index (χ0) is 16.0. The molecule has 23 heavy (non-hydrogen) atoms. The molecule has 1 amide bonds. The number of carbonyl (C=O) groups excluding carboxylic acids is 1. The van der Waals surface area contributed by atoms with E-state index in [2.05, 4.69) is 10.1 Å². The van der Waals surface area contributed by atoms with Gasteiger partial charge in [-0.25, -0.2) is 0 Å². The lowest BCUT2D eigenvalue weighted by molar-refractivity contribution is -0.137. The molecule has 0 aliphatic carbocycles. The van der Waals surface area contributed by atoms with Crippen molar-refractivity contribution < 1.29 is 14.1 Å². The molecule has 1 aromatic heterocycles. The number of hydrogen-bond donors (Lipinski definition) is 0. The maximum atomic E-state index is 12.7. The molecule has 0 spiro atoms. The third-order valence-electron chi connectivity index (χ3n) is 5.53. The van der Waals surface area contributed by atoms with Crippen LogP contribution in [-0.4, -0.2) is 59.3 Å². The zero-order valence-electron chi connectivity index (χ0n) is 14.0. The van der Waals surface area contributed by atoms with Gasteiger partial charge in [0.05, 0.1) is 23.8 Å². The Balaban J connectivity index is 1.43. The number of nitrogens with zero attached hydrogens (tertiary/aromatic N) is 3. The van der Waals surface area contributed by atoms with Gasteiger partial charge in [-0.1, -0.05) is 5.16 Å². The fourth-order valence-corrected chi connectivity index (χ4v) is 4.25. The van der Waals surface area contributed by atoms with Crippen LogP contribution in [0.2, 0.25) is 0 Å². The van der Waals surface area contributed by atoms with E-state index in [1.807, 2.05) is 18.7 Å². The van der Waals surface area contributed by atoms with Crippen LogP contribution in [0.5, 0.6) is 0 Å².